The summed E-state index contributed by atoms with van der Waals surface area (Å²) < 4.78 is 13.7. The Kier molecular flexibility index (Phi) is 7.25. The van der Waals surface area contributed by atoms with E-state index < -0.39 is 0 Å². The van der Waals surface area contributed by atoms with Crippen LogP contribution in [0.3, 0.4) is 0 Å². The van der Waals surface area contributed by atoms with E-state index in [2.05, 4.69) is 21.0 Å². The molecule has 1 saturated carbocycles. The Morgan fingerprint density at radius 2 is 1.88 bits per heavy atom. The second kappa shape index (κ2) is 10.3. The molecule has 1 heterocycles. The molecule has 32 heavy (non-hydrogen) atoms. The first-order chi connectivity index (χ1) is 15.6. The van der Waals surface area contributed by atoms with E-state index >= 15 is 0 Å². The minimum Gasteiger partial charge on any atom is -0.494 e. The molecule has 0 bridgehead atoms. The highest BCUT2D eigenvalue weighted by molar-refractivity contribution is 9.10. The van der Waals surface area contributed by atoms with Gasteiger partial charge in [0.2, 0.25) is 0 Å². The largest absolute Gasteiger partial charge is 0.494 e. The van der Waals surface area contributed by atoms with E-state index in [1.165, 1.54) is 11.1 Å². The van der Waals surface area contributed by atoms with E-state index in [9.17, 15) is 4.79 Å². The predicted molar refractivity (Wildman–Crippen MR) is 131 cm³/mol. The van der Waals surface area contributed by atoms with Crippen molar-refractivity contribution in [3.05, 3.63) is 62.6 Å². The molecule has 1 aliphatic rings. The van der Waals surface area contributed by atoms with Crippen LogP contribution in [0.4, 0.5) is 0 Å². The van der Waals surface area contributed by atoms with Crippen molar-refractivity contribution in [1.29, 1.82) is 0 Å². The molecule has 6 nitrogen and oxygen atoms in total. The molecule has 0 unspecified atom stereocenters. The van der Waals surface area contributed by atoms with Crippen LogP contribution in [0.15, 0.2) is 50.8 Å². The summed E-state index contributed by atoms with van der Waals surface area (Å²) in [5.74, 6) is 2.38. The Morgan fingerprint density at radius 1 is 1.09 bits per heavy atom. The zero-order valence-electron chi connectivity index (χ0n) is 18.5. The van der Waals surface area contributed by atoms with Crippen molar-refractivity contribution >= 4 is 33.0 Å². The Labute approximate surface area is 196 Å². The fraction of sp³-hybridized carbons (Fsp3) is 0.400. The van der Waals surface area contributed by atoms with Crippen LogP contribution in [0, 0.1) is 0 Å². The van der Waals surface area contributed by atoms with E-state index in [4.69, 9.17) is 14.5 Å². The molecule has 0 atom stereocenters. The van der Waals surface area contributed by atoms with Crippen molar-refractivity contribution in [2.45, 2.75) is 51.9 Å². The Morgan fingerprint density at radius 3 is 2.62 bits per heavy atom. The zero-order chi connectivity index (χ0) is 22.5. The van der Waals surface area contributed by atoms with E-state index in [0.29, 0.717) is 29.9 Å². The van der Waals surface area contributed by atoms with Crippen molar-refractivity contribution < 1.29 is 9.47 Å². The van der Waals surface area contributed by atoms with Gasteiger partial charge in [-0.05, 0) is 57.0 Å². The first kappa shape index (κ1) is 22.5. The summed E-state index contributed by atoms with van der Waals surface area (Å²) in [7, 11) is 0. The van der Waals surface area contributed by atoms with Crippen molar-refractivity contribution in [1.82, 2.24) is 9.66 Å². The molecular formula is C25H28BrN3O3. The topological polar surface area (TPSA) is 65.7 Å². The summed E-state index contributed by atoms with van der Waals surface area (Å²) in [4.78, 5) is 18.3. The number of aromatic nitrogens is 2. The highest BCUT2D eigenvalue weighted by Crippen LogP contribution is 2.32. The lowest BCUT2D eigenvalue weighted by atomic mass is 9.88. The van der Waals surface area contributed by atoms with Gasteiger partial charge in [-0.2, -0.15) is 9.78 Å². The summed E-state index contributed by atoms with van der Waals surface area (Å²) in [6.45, 7) is 4.98. The molecule has 2 aromatic carbocycles. The lowest BCUT2D eigenvalue weighted by Crippen LogP contribution is -2.25. The first-order valence-corrected chi connectivity index (χ1v) is 12.1. The van der Waals surface area contributed by atoms with Gasteiger partial charge in [-0.15, -0.1) is 0 Å². The fourth-order valence-corrected chi connectivity index (χ4v) is 4.54. The number of hydrogen-bond donors (Lipinski definition) is 0. The molecule has 0 spiro atoms. The second-order valence-electron chi connectivity index (χ2n) is 7.89. The Hall–Kier alpha value is -2.67. The maximum atomic E-state index is 13.5. The summed E-state index contributed by atoms with van der Waals surface area (Å²) in [6, 6.07) is 11.3. The van der Waals surface area contributed by atoms with E-state index in [1.807, 2.05) is 50.2 Å². The van der Waals surface area contributed by atoms with Gasteiger partial charge >= 0.3 is 0 Å². The third-order valence-electron chi connectivity index (χ3n) is 5.71. The van der Waals surface area contributed by atoms with Crippen molar-refractivity contribution in [3.8, 4) is 11.5 Å². The van der Waals surface area contributed by atoms with Gasteiger partial charge in [0.15, 0.2) is 0 Å². The van der Waals surface area contributed by atoms with Crippen LogP contribution < -0.4 is 15.0 Å². The average Bonchev–Trinajstić information content (AvgIpc) is 2.81. The molecule has 0 saturated heterocycles. The van der Waals surface area contributed by atoms with E-state index in [-0.39, 0.29) is 11.5 Å². The second-order valence-corrected chi connectivity index (χ2v) is 8.81. The van der Waals surface area contributed by atoms with Gasteiger partial charge < -0.3 is 9.47 Å². The van der Waals surface area contributed by atoms with E-state index in [0.717, 1.165) is 47.3 Å². The van der Waals surface area contributed by atoms with Crippen molar-refractivity contribution in [2.24, 2.45) is 5.10 Å². The summed E-state index contributed by atoms with van der Waals surface area (Å²) in [5, 5.41) is 5.18. The number of halogens is 1. The number of fused-ring (bicyclic) bond motifs is 1. The van der Waals surface area contributed by atoms with Crippen LogP contribution in [-0.2, 0) is 0 Å². The van der Waals surface area contributed by atoms with Gasteiger partial charge in [0.25, 0.3) is 5.56 Å². The molecule has 1 aliphatic carbocycles. The van der Waals surface area contributed by atoms with Gasteiger partial charge in [-0.3, -0.25) is 4.79 Å². The number of benzene rings is 2. The van der Waals surface area contributed by atoms with Crippen LogP contribution in [0.2, 0.25) is 0 Å². The average molecular weight is 498 g/mol. The van der Waals surface area contributed by atoms with Gasteiger partial charge in [0.05, 0.1) is 30.3 Å². The minimum absolute atomic E-state index is 0.156. The number of ether oxygens (including phenoxy) is 2. The van der Waals surface area contributed by atoms with Crippen molar-refractivity contribution in [2.75, 3.05) is 13.2 Å². The molecule has 4 rings (SSSR count). The summed E-state index contributed by atoms with van der Waals surface area (Å²) >= 11 is 3.47. The van der Waals surface area contributed by atoms with Crippen LogP contribution in [0.1, 0.15) is 63.3 Å². The van der Waals surface area contributed by atoms with Gasteiger partial charge in [0, 0.05) is 22.0 Å². The van der Waals surface area contributed by atoms with Gasteiger partial charge in [-0.25, -0.2) is 4.98 Å². The molecule has 3 aromatic rings. The predicted octanol–water partition coefficient (Wildman–Crippen LogP) is 5.89. The quantitative estimate of drug-likeness (QED) is 0.382. The molecule has 168 valence electrons. The standard InChI is InChI=1S/C25H28BrN3O3/c1-3-31-20-12-10-18(23(15-20)32-4-2)16-27-29-24(17-8-6-5-7-9-17)28-22-13-11-19(26)14-21(22)25(29)30/h10-17H,3-9H2,1-2H3. The van der Waals surface area contributed by atoms with Crippen LogP contribution >= 0.6 is 15.9 Å². The van der Waals surface area contributed by atoms with Crippen LogP contribution in [-0.4, -0.2) is 29.1 Å². The molecule has 0 aliphatic heterocycles. The minimum atomic E-state index is -0.156. The number of nitrogens with zero attached hydrogens (tertiary/aromatic N) is 3. The normalized spacial score (nSPS) is 14.8. The third-order valence-corrected chi connectivity index (χ3v) is 6.21. The summed E-state index contributed by atoms with van der Waals surface area (Å²) in [5.41, 5.74) is 1.34. The molecule has 1 aromatic heterocycles. The van der Waals surface area contributed by atoms with Crippen molar-refractivity contribution in [3.63, 3.8) is 0 Å². The van der Waals surface area contributed by atoms with Crippen LogP contribution in [0.5, 0.6) is 11.5 Å². The molecule has 7 heteroatoms. The third kappa shape index (κ3) is 4.88. The molecular weight excluding hydrogens is 470 g/mol. The summed E-state index contributed by atoms with van der Waals surface area (Å²) in [6.07, 6.45) is 7.26. The monoisotopic (exact) mass is 497 g/mol. The lowest BCUT2D eigenvalue weighted by molar-refractivity contribution is 0.323. The zero-order valence-corrected chi connectivity index (χ0v) is 20.1. The fourth-order valence-electron chi connectivity index (χ4n) is 4.18. The number of rotatable bonds is 7. The Balaban J connectivity index is 1.81. The Bertz CT molecular complexity index is 1180. The van der Waals surface area contributed by atoms with E-state index in [1.54, 1.807) is 6.21 Å². The maximum Gasteiger partial charge on any atom is 0.282 e. The SMILES string of the molecule is CCOc1ccc(C=Nn2c(C3CCCCC3)nc3ccc(Br)cc3c2=O)c(OCC)c1. The lowest BCUT2D eigenvalue weighted by Gasteiger charge is -2.22. The van der Waals surface area contributed by atoms with Gasteiger partial charge in [0.1, 0.15) is 17.3 Å². The van der Waals surface area contributed by atoms with Gasteiger partial charge in [-0.1, -0.05) is 35.2 Å². The first-order valence-electron chi connectivity index (χ1n) is 11.3. The molecule has 0 amide bonds. The number of hydrogen-bond acceptors (Lipinski definition) is 5. The highest BCUT2D eigenvalue weighted by atomic mass is 79.9. The molecule has 0 N–H and O–H groups in total. The highest BCUT2D eigenvalue weighted by Gasteiger charge is 2.22. The molecule has 0 radical (unpaired) electrons. The van der Waals surface area contributed by atoms with Crippen LogP contribution in [0.25, 0.3) is 10.9 Å². The smallest absolute Gasteiger partial charge is 0.282 e. The maximum absolute atomic E-state index is 13.5. The molecule has 1 fully saturated rings.